The van der Waals surface area contributed by atoms with Crippen LogP contribution < -0.4 is 0 Å². The van der Waals surface area contributed by atoms with Crippen molar-refractivity contribution in [3.8, 4) is 11.3 Å². The molecule has 0 atom stereocenters. The molecule has 0 bridgehead atoms. The Bertz CT molecular complexity index is 426. The van der Waals surface area contributed by atoms with Crippen LogP contribution in [0.15, 0.2) is 42.6 Å². The molecule has 0 aliphatic heterocycles. The smallest absolute Gasteiger partial charge is 0.159 e. The number of carbonyl (C=O) groups is 1. The number of rotatable bonds is 2. The van der Waals surface area contributed by atoms with E-state index in [1.165, 1.54) is 0 Å². The van der Waals surface area contributed by atoms with E-state index in [-0.39, 0.29) is 5.78 Å². The molecular weight excluding hydrogens is 174 g/mol. The number of ketones is 1. The summed E-state index contributed by atoms with van der Waals surface area (Å²) in [5.41, 5.74) is 2.92. The molecule has 2 heteroatoms. The minimum Gasteiger partial charge on any atom is -0.361 e. The number of H-pyrrole nitrogens is 1. The van der Waals surface area contributed by atoms with E-state index in [2.05, 4.69) is 4.98 Å². The molecule has 1 N–H and O–H groups in total. The first-order valence-electron chi connectivity index (χ1n) is 4.52. The zero-order valence-electron chi connectivity index (χ0n) is 7.95. The van der Waals surface area contributed by atoms with Crippen molar-refractivity contribution < 1.29 is 4.79 Å². The van der Waals surface area contributed by atoms with Gasteiger partial charge < -0.3 is 4.98 Å². The van der Waals surface area contributed by atoms with E-state index < -0.39 is 0 Å². The Morgan fingerprint density at radius 3 is 2.36 bits per heavy atom. The number of benzene rings is 1. The molecule has 0 unspecified atom stereocenters. The van der Waals surface area contributed by atoms with Gasteiger partial charge in [0.05, 0.1) is 0 Å². The molecule has 1 aromatic heterocycles. The Labute approximate surface area is 82.6 Å². The summed E-state index contributed by atoms with van der Waals surface area (Å²) < 4.78 is 0. The van der Waals surface area contributed by atoms with E-state index in [1.807, 2.05) is 42.6 Å². The van der Waals surface area contributed by atoms with E-state index in [4.69, 9.17) is 0 Å². The Kier molecular flexibility index (Phi) is 2.19. The van der Waals surface area contributed by atoms with Crippen LogP contribution in [0.5, 0.6) is 0 Å². The van der Waals surface area contributed by atoms with Gasteiger partial charge in [-0.15, -0.1) is 0 Å². The van der Waals surface area contributed by atoms with Crippen LogP contribution in [0.3, 0.4) is 0 Å². The highest BCUT2D eigenvalue weighted by molar-refractivity contribution is 5.94. The van der Waals surface area contributed by atoms with Gasteiger partial charge in [-0.2, -0.15) is 0 Å². The summed E-state index contributed by atoms with van der Waals surface area (Å²) in [5, 5.41) is 0. The standard InChI is InChI=1S/C12H11NO/c1-9(14)10-4-6-11(7-5-10)12-3-2-8-13-12/h2-8,13H,1H3. The molecule has 0 aliphatic rings. The van der Waals surface area contributed by atoms with Crippen LogP contribution in [-0.2, 0) is 0 Å². The maximum absolute atomic E-state index is 11.0. The van der Waals surface area contributed by atoms with Crippen LogP contribution in [0.4, 0.5) is 0 Å². The molecule has 0 saturated carbocycles. The third kappa shape index (κ3) is 1.59. The van der Waals surface area contributed by atoms with Crippen molar-refractivity contribution in [1.82, 2.24) is 4.98 Å². The number of aromatic amines is 1. The van der Waals surface area contributed by atoms with E-state index in [0.29, 0.717) is 0 Å². The number of Topliss-reactive ketones (excluding diaryl/α,β-unsaturated/α-hetero) is 1. The number of aromatic nitrogens is 1. The van der Waals surface area contributed by atoms with Gasteiger partial charge in [-0.1, -0.05) is 24.3 Å². The Hall–Kier alpha value is -1.83. The molecule has 0 aliphatic carbocycles. The first-order valence-corrected chi connectivity index (χ1v) is 4.52. The van der Waals surface area contributed by atoms with E-state index in [1.54, 1.807) is 6.92 Å². The van der Waals surface area contributed by atoms with Crippen LogP contribution >= 0.6 is 0 Å². The molecule has 1 aromatic carbocycles. The summed E-state index contributed by atoms with van der Waals surface area (Å²) in [4.78, 5) is 14.2. The van der Waals surface area contributed by atoms with Crippen molar-refractivity contribution in [1.29, 1.82) is 0 Å². The quantitative estimate of drug-likeness (QED) is 0.717. The molecule has 2 rings (SSSR count). The molecule has 0 radical (unpaired) electrons. The van der Waals surface area contributed by atoms with Crippen LogP contribution in [0.2, 0.25) is 0 Å². The van der Waals surface area contributed by atoms with Crippen molar-refractivity contribution >= 4 is 5.78 Å². The normalized spacial score (nSPS) is 10.1. The second-order valence-corrected chi connectivity index (χ2v) is 3.22. The third-order valence-corrected chi connectivity index (χ3v) is 2.20. The van der Waals surface area contributed by atoms with Gasteiger partial charge in [0.25, 0.3) is 0 Å². The fourth-order valence-electron chi connectivity index (χ4n) is 1.39. The lowest BCUT2D eigenvalue weighted by Gasteiger charge is -1.99. The van der Waals surface area contributed by atoms with Crippen LogP contribution in [-0.4, -0.2) is 10.8 Å². The van der Waals surface area contributed by atoms with Gasteiger partial charge in [0.15, 0.2) is 5.78 Å². The monoisotopic (exact) mass is 185 g/mol. The van der Waals surface area contributed by atoms with E-state index >= 15 is 0 Å². The van der Waals surface area contributed by atoms with Crippen molar-refractivity contribution in [2.24, 2.45) is 0 Å². The zero-order chi connectivity index (χ0) is 9.97. The average molecular weight is 185 g/mol. The second-order valence-electron chi connectivity index (χ2n) is 3.22. The molecule has 0 fully saturated rings. The molecule has 0 saturated heterocycles. The summed E-state index contributed by atoms with van der Waals surface area (Å²) in [5.74, 6) is 0.100. The lowest BCUT2D eigenvalue weighted by Crippen LogP contribution is -1.90. The largest absolute Gasteiger partial charge is 0.361 e. The van der Waals surface area contributed by atoms with Gasteiger partial charge in [0, 0.05) is 17.5 Å². The molecule has 14 heavy (non-hydrogen) atoms. The van der Waals surface area contributed by atoms with E-state index in [0.717, 1.165) is 16.8 Å². The summed E-state index contributed by atoms with van der Waals surface area (Å²) in [6.45, 7) is 1.57. The van der Waals surface area contributed by atoms with Gasteiger partial charge in [-0.05, 0) is 24.6 Å². The third-order valence-electron chi connectivity index (χ3n) is 2.20. The van der Waals surface area contributed by atoms with Crippen LogP contribution in [0, 0.1) is 0 Å². The lowest BCUT2D eigenvalue weighted by atomic mass is 10.1. The number of hydrogen-bond acceptors (Lipinski definition) is 1. The summed E-state index contributed by atoms with van der Waals surface area (Å²) in [6, 6.07) is 11.5. The first kappa shape index (κ1) is 8.75. The Morgan fingerprint density at radius 2 is 1.86 bits per heavy atom. The van der Waals surface area contributed by atoms with Gasteiger partial charge in [0.2, 0.25) is 0 Å². The SMILES string of the molecule is CC(=O)c1ccc(-c2ccc[nH]2)cc1. The van der Waals surface area contributed by atoms with Gasteiger partial charge in [0.1, 0.15) is 0 Å². The minimum absolute atomic E-state index is 0.100. The van der Waals surface area contributed by atoms with Gasteiger partial charge >= 0.3 is 0 Å². The molecular formula is C12H11NO. The number of nitrogens with one attached hydrogen (secondary N) is 1. The maximum Gasteiger partial charge on any atom is 0.159 e. The molecule has 0 spiro atoms. The van der Waals surface area contributed by atoms with Crippen LogP contribution in [0.25, 0.3) is 11.3 Å². The Morgan fingerprint density at radius 1 is 1.14 bits per heavy atom. The summed E-state index contributed by atoms with van der Waals surface area (Å²) in [6.07, 6.45) is 1.88. The summed E-state index contributed by atoms with van der Waals surface area (Å²) >= 11 is 0. The predicted molar refractivity (Wildman–Crippen MR) is 56.2 cm³/mol. The highest BCUT2D eigenvalue weighted by Gasteiger charge is 2.00. The number of carbonyl (C=O) groups excluding carboxylic acids is 1. The molecule has 0 amide bonds. The predicted octanol–water partition coefficient (Wildman–Crippen LogP) is 2.88. The summed E-state index contributed by atoms with van der Waals surface area (Å²) in [7, 11) is 0. The van der Waals surface area contributed by atoms with Gasteiger partial charge in [-0.25, -0.2) is 0 Å². The first-order chi connectivity index (χ1) is 6.77. The highest BCUT2D eigenvalue weighted by atomic mass is 16.1. The molecule has 2 aromatic rings. The Balaban J connectivity index is 2.36. The van der Waals surface area contributed by atoms with Crippen molar-refractivity contribution in [2.45, 2.75) is 6.92 Å². The van der Waals surface area contributed by atoms with Crippen molar-refractivity contribution in [2.75, 3.05) is 0 Å². The zero-order valence-corrected chi connectivity index (χ0v) is 7.95. The van der Waals surface area contributed by atoms with Gasteiger partial charge in [-0.3, -0.25) is 4.79 Å². The molecule has 1 heterocycles. The van der Waals surface area contributed by atoms with Crippen molar-refractivity contribution in [3.63, 3.8) is 0 Å². The number of hydrogen-bond donors (Lipinski definition) is 1. The fourth-order valence-corrected chi connectivity index (χ4v) is 1.39. The van der Waals surface area contributed by atoms with Crippen LogP contribution in [0.1, 0.15) is 17.3 Å². The lowest BCUT2D eigenvalue weighted by molar-refractivity contribution is 0.101. The molecule has 2 nitrogen and oxygen atoms in total. The second kappa shape index (κ2) is 3.50. The maximum atomic E-state index is 11.0. The molecule has 70 valence electrons. The van der Waals surface area contributed by atoms with Crippen molar-refractivity contribution in [3.05, 3.63) is 48.2 Å². The topological polar surface area (TPSA) is 32.9 Å². The highest BCUT2D eigenvalue weighted by Crippen LogP contribution is 2.17. The van der Waals surface area contributed by atoms with E-state index in [9.17, 15) is 4.79 Å². The fraction of sp³-hybridized carbons (Fsp3) is 0.0833. The minimum atomic E-state index is 0.100. The average Bonchev–Trinajstić information content (AvgIpc) is 2.71.